The third kappa shape index (κ3) is 3.76. The van der Waals surface area contributed by atoms with Crippen LogP contribution in [-0.4, -0.2) is 21.7 Å². The number of nitrogens with zero attached hydrogens (tertiary/aromatic N) is 3. The lowest BCUT2D eigenvalue weighted by atomic mass is 9.85. The van der Waals surface area contributed by atoms with Crippen molar-refractivity contribution in [2.24, 2.45) is 14.1 Å². The Bertz CT molecular complexity index is 1150. The second-order valence-corrected chi connectivity index (χ2v) is 6.83. The van der Waals surface area contributed by atoms with Crippen LogP contribution in [0.4, 0.5) is 0 Å². The van der Waals surface area contributed by atoms with E-state index in [0.29, 0.717) is 5.56 Å². The number of hydrogen-bond acceptors (Lipinski definition) is 5. The van der Waals surface area contributed by atoms with Gasteiger partial charge in [-0.25, -0.2) is 9.59 Å². The van der Waals surface area contributed by atoms with E-state index in [1.807, 2.05) is 0 Å². The van der Waals surface area contributed by atoms with Crippen LogP contribution in [0.2, 0.25) is 0 Å². The normalized spacial score (nSPS) is 12.9. The van der Waals surface area contributed by atoms with Crippen LogP contribution in [0.25, 0.3) is 0 Å². The van der Waals surface area contributed by atoms with E-state index in [0.717, 1.165) is 9.13 Å². The van der Waals surface area contributed by atoms with Crippen molar-refractivity contribution in [2.45, 2.75) is 18.9 Å². The van der Waals surface area contributed by atoms with Crippen molar-refractivity contribution in [3.8, 4) is 5.88 Å². The second kappa shape index (κ2) is 8.77. The molecule has 0 saturated heterocycles. The molecule has 0 radical (unpaired) electrons. The fourth-order valence-corrected chi connectivity index (χ4v) is 3.54. The number of benzene rings is 1. The number of hydrogen-bond donors (Lipinski definition) is 0. The molecule has 0 N–H and O–H groups in total. The smallest absolute Gasteiger partial charge is 0.376 e. The van der Waals surface area contributed by atoms with E-state index >= 15 is 0 Å². The molecule has 0 saturated carbocycles. The highest BCUT2D eigenvalue weighted by molar-refractivity contribution is 5.75. The van der Waals surface area contributed by atoms with E-state index < -0.39 is 35.1 Å². The highest BCUT2D eigenvalue weighted by Gasteiger charge is 2.42. The molecule has 2 aromatic heterocycles. The Balaban J connectivity index is 2.38. The molecule has 156 valence electrons. The van der Waals surface area contributed by atoms with E-state index in [9.17, 15) is 19.5 Å². The summed E-state index contributed by atoms with van der Waals surface area (Å²) < 4.78 is 8.68. The molecule has 3 aromatic rings. The van der Waals surface area contributed by atoms with Gasteiger partial charge in [0.15, 0.2) is 12.4 Å². The molecule has 0 aliphatic rings. The minimum Gasteiger partial charge on any atom is -0.860 e. The summed E-state index contributed by atoms with van der Waals surface area (Å²) in [5.41, 5.74) is -1.04. The molecule has 8 heteroatoms. The van der Waals surface area contributed by atoms with Crippen LogP contribution in [0.15, 0.2) is 70.5 Å². The molecule has 0 spiro atoms. The van der Waals surface area contributed by atoms with Crippen LogP contribution in [0.3, 0.4) is 0 Å². The van der Waals surface area contributed by atoms with Crippen molar-refractivity contribution in [2.75, 3.05) is 6.61 Å². The predicted molar refractivity (Wildman–Crippen MR) is 107 cm³/mol. The van der Waals surface area contributed by atoms with Crippen molar-refractivity contribution >= 4 is 5.97 Å². The maximum Gasteiger partial charge on any atom is 0.376 e. The van der Waals surface area contributed by atoms with E-state index in [1.54, 1.807) is 72.4 Å². The zero-order valence-electron chi connectivity index (χ0n) is 17.0. The summed E-state index contributed by atoms with van der Waals surface area (Å²) in [6, 6.07) is 13.1. The topological polar surface area (TPSA) is 97.2 Å². The number of carbonyl (C=O) groups excluding carboxylic acids is 1. The predicted octanol–water partition coefficient (Wildman–Crippen LogP) is 0.381. The van der Waals surface area contributed by atoms with Crippen molar-refractivity contribution in [1.82, 2.24) is 9.13 Å². The second-order valence-electron chi connectivity index (χ2n) is 6.83. The number of pyridine rings is 1. The van der Waals surface area contributed by atoms with Crippen LogP contribution < -0.4 is 20.9 Å². The summed E-state index contributed by atoms with van der Waals surface area (Å²) in [6.45, 7) is 1.83. The minimum atomic E-state index is -1.02. The molecule has 0 aliphatic heterocycles. The van der Waals surface area contributed by atoms with Crippen molar-refractivity contribution in [3.05, 3.63) is 92.9 Å². The van der Waals surface area contributed by atoms with Crippen LogP contribution in [0.5, 0.6) is 5.88 Å². The molecular formula is C22H23N3O5. The van der Waals surface area contributed by atoms with E-state index in [4.69, 9.17) is 4.74 Å². The van der Waals surface area contributed by atoms with Gasteiger partial charge >= 0.3 is 11.7 Å². The maximum absolute atomic E-state index is 13.1. The minimum absolute atomic E-state index is 0.139. The summed E-state index contributed by atoms with van der Waals surface area (Å²) >= 11 is 0. The molecule has 30 heavy (non-hydrogen) atoms. The van der Waals surface area contributed by atoms with Crippen molar-refractivity contribution in [3.63, 3.8) is 0 Å². The fourth-order valence-electron chi connectivity index (χ4n) is 3.54. The van der Waals surface area contributed by atoms with Crippen LogP contribution in [0, 0.1) is 0 Å². The Labute approximate surface area is 173 Å². The van der Waals surface area contributed by atoms with Gasteiger partial charge in [0.1, 0.15) is 0 Å². The lowest BCUT2D eigenvalue weighted by Gasteiger charge is -2.27. The van der Waals surface area contributed by atoms with Gasteiger partial charge in [-0.1, -0.05) is 36.4 Å². The largest absolute Gasteiger partial charge is 0.860 e. The molecule has 0 amide bonds. The standard InChI is InChI=1S/C22H23N3O5/c1-4-30-21(28)18(25-13-9-6-10-14-25)16(15-11-7-5-8-12-15)17-19(26)23(2)22(29)24(3)20(17)27/h5-14,16,18H,4H2,1-3H3. The zero-order chi connectivity index (χ0) is 21.8. The molecule has 1 aromatic carbocycles. The first-order valence-electron chi connectivity index (χ1n) is 9.52. The third-order valence-electron chi connectivity index (χ3n) is 5.02. The number of ether oxygens (including phenoxy) is 1. The summed E-state index contributed by atoms with van der Waals surface area (Å²) in [6.07, 6.45) is 3.35. The van der Waals surface area contributed by atoms with Crippen LogP contribution in [-0.2, 0) is 23.6 Å². The quantitative estimate of drug-likeness (QED) is 0.433. The fraction of sp³-hybridized carbons (Fsp3) is 0.273. The number of carbonyl (C=O) groups is 1. The average Bonchev–Trinajstić information content (AvgIpc) is 2.77. The Morgan fingerprint density at radius 1 is 1.03 bits per heavy atom. The first-order valence-corrected chi connectivity index (χ1v) is 9.52. The highest BCUT2D eigenvalue weighted by atomic mass is 16.5. The van der Waals surface area contributed by atoms with Gasteiger partial charge in [0.05, 0.1) is 12.5 Å². The molecule has 2 atom stereocenters. The Kier molecular flexibility index (Phi) is 6.15. The SMILES string of the molecule is CCOC(=O)C(C(c1ccccc1)c1c([O-])n(C)c(=O)n(C)c1=O)[n+]1ccccc1. The molecule has 0 aliphatic carbocycles. The van der Waals surface area contributed by atoms with Gasteiger partial charge in [-0.3, -0.25) is 9.36 Å². The molecule has 0 fully saturated rings. The average molecular weight is 409 g/mol. The Morgan fingerprint density at radius 3 is 2.23 bits per heavy atom. The summed E-state index contributed by atoms with van der Waals surface area (Å²) in [5, 5.41) is 13.1. The maximum atomic E-state index is 13.1. The molecule has 8 nitrogen and oxygen atoms in total. The van der Waals surface area contributed by atoms with Crippen molar-refractivity contribution in [1.29, 1.82) is 0 Å². The molecular weight excluding hydrogens is 386 g/mol. The van der Waals surface area contributed by atoms with Gasteiger partial charge < -0.3 is 14.4 Å². The first-order chi connectivity index (χ1) is 14.4. The lowest BCUT2D eigenvalue weighted by molar-refractivity contribution is -0.713. The number of aromatic nitrogens is 3. The van der Waals surface area contributed by atoms with Gasteiger partial charge in [0.2, 0.25) is 0 Å². The molecule has 2 heterocycles. The Morgan fingerprint density at radius 2 is 1.63 bits per heavy atom. The van der Waals surface area contributed by atoms with E-state index in [2.05, 4.69) is 0 Å². The molecule has 0 bridgehead atoms. The molecule has 2 unspecified atom stereocenters. The monoisotopic (exact) mass is 409 g/mol. The van der Waals surface area contributed by atoms with Gasteiger partial charge in [0, 0.05) is 31.8 Å². The van der Waals surface area contributed by atoms with Gasteiger partial charge in [-0.2, -0.15) is 4.57 Å². The third-order valence-corrected chi connectivity index (χ3v) is 5.02. The Hall–Kier alpha value is -3.68. The van der Waals surface area contributed by atoms with Crippen molar-refractivity contribution < 1.29 is 19.2 Å². The first kappa shape index (κ1) is 21.0. The number of rotatable bonds is 6. The van der Waals surface area contributed by atoms with Gasteiger partial charge in [0.25, 0.3) is 11.6 Å². The summed E-state index contributed by atoms with van der Waals surface area (Å²) in [5.74, 6) is -2.28. The zero-order valence-corrected chi connectivity index (χ0v) is 17.0. The van der Waals surface area contributed by atoms with Crippen LogP contribution in [0.1, 0.15) is 30.0 Å². The van der Waals surface area contributed by atoms with Crippen LogP contribution >= 0.6 is 0 Å². The highest BCUT2D eigenvalue weighted by Crippen LogP contribution is 2.34. The summed E-state index contributed by atoms with van der Waals surface area (Å²) in [7, 11) is 2.62. The lowest BCUT2D eigenvalue weighted by Crippen LogP contribution is -2.50. The van der Waals surface area contributed by atoms with E-state index in [1.165, 1.54) is 14.1 Å². The number of esters is 1. The summed E-state index contributed by atoms with van der Waals surface area (Å²) in [4.78, 5) is 38.4. The van der Waals surface area contributed by atoms with Gasteiger partial charge in [-0.15, -0.1) is 0 Å². The van der Waals surface area contributed by atoms with E-state index in [-0.39, 0.29) is 12.2 Å². The molecule has 3 rings (SSSR count). The van der Waals surface area contributed by atoms with Gasteiger partial charge in [-0.05, 0) is 18.4 Å².